The Kier molecular flexibility index (Phi) is 7.86. The van der Waals surface area contributed by atoms with Gasteiger partial charge < -0.3 is 10.1 Å². The second-order valence-corrected chi connectivity index (χ2v) is 12.2. The molecule has 0 aromatic heterocycles. The Labute approximate surface area is 228 Å². The smallest absolute Gasteiger partial charge is 0.260 e. The normalized spacial score (nSPS) is 10.9. The summed E-state index contributed by atoms with van der Waals surface area (Å²) in [6, 6.07) is 45.9. The number of Topliss-reactive ketones (excluding diaryl/α,β-unsaturated/α-hetero) is 1. The Morgan fingerprint density at radius 2 is 0.974 bits per heavy atom. The fourth-order valence-electron chi connectivity index (χ4n) is 4.79. The average Bonchev–Trinajstić information content (AvgIpc) is 3.01. The maximum Gasteiger partial charge on any atom is 0.260 e. The molecule has 0 saturated carbocycles. The molecule has 0 bridgehead atoms. The molecule has 0 aliphatic heterocycles. The zero-order valence-electron chi connectivity index (χ0n) is 21.5. The molecular formula is C34H28NO3P. The standard InChI is InChI=1S/C34H28NO3P/c1-38-28-24-22-26(23-25-28)32(36)33(34(37)35-27-14-6-2-7-15-27)39(29-16-8-3-9-17-29,30-18-10-4-11-19-30)31-20-12-5-13-21-31/h2-25H,1H3,(H,35,37). The van der Waals surface area contributed by atoms with Crippen molar-refractivity contribution >= 4 is 45.5 Å². The van der Waals surface area contributed by atoms with Crippen molar-refractivity contribution in [3.8, 4) is 5.75 Å². The van der Waals surface area contributed by atoms with Gasteiger partial charge >= 0.3 is 0 Å². The van der Waals surface area contributed by atoms with Crippen molar-refractivity contribution in [2.75, 3.05) is 12.4 Å². The van der Waals surface area contributed by atoms with Crippen LogP contribution in [-0.2, 0) is 4.79 Å². The molecule has 0 aliphatic rings. The van der Waals surface area contributed by atoms with Crippen LogP contribution in [0.5, 0.6) is 5.75 Å². The van der Waals surface area contributed by atoms with Crippen LogP contribution in [0.4, 0.5) is 5.69 Å². The minimum atomic E-state index is -2.97. The third kappa shape index (κ3) is 5.20. The van der Waals surface area contributed by atoms with Crippen molar-refractivity contribution in [1.29, 1.82) is 0 Å². The highest BCUT2D eigenvalue weighted by Crippen LogP contribution is 2.47. The first-order valence-electron chi connectivity index (χ1n) is 12.6. The number of amides is 1. The maximum atomic E-state index is 14.6. The van der Waals surface area contributed by atoms with E-state index >= 15 is 0 Å². The number of carbonyl (C=O) groups is 2. The molecule has 5 aromatic carbocycles. The van der Waals surface area contributed by atoms with Gasteiger partial charge in [-0.1, -0.05) is 109 Å². The van der Waals surface area contributed by atoms with Gasteiger partial charge in [0.05, 0.1) is 12.4 Å². The predicted molar refractivity (Wildman–Crippen MR) is 163 cm³/mol. The third-order valence-corrected chi connectivity index (χ3v) is 10.9. The highest BCUT2D eigenvalue weighted by atomic mass is 31.2. The lowest BCUT2D eigenvalue weighted by Gasteiger charge is -2.32. The molecule has 0 unspecified atom stereocenters. The molecule has 0 atom stereocenters. The van der Waals surface area contributed by atoms with Crippen molar-refractivity contribution in [3.63, 3.8) is 0 Å². The molecule has 5 rings (SSSR count). The predicted octanol–water partition coefficient (Wildman–Crippen LogP) is 5.68. The molecule has 39 heavy (non-hydrogen) atoms. The number of hydrogen-bond donors (Lipinski definition) is 1. The third-order valence-electron chi connectivity index (χ3n) is 6.58. The van der Waals surface area contributed by atoms with Crippen molar-refractivity contribution in [2.45, 2.75) is 0 Å². The zero-order valence-corrected chi connectivity index (χ0v) is 22.4. The number of benzene rings is 5. The Morgan fingerprint density at radius 1 is 0.564 bits per heavy atom. The van der Waals surface area contributed by atoms with Crippen LogP contribution in [0, 0.1) is 0 Å². The van der Waals surface area contributed by atoms with E-state index in [0.29, 0.717) is 17.0 Å². The van der Waals surface area contributed by atoms with Gasteiger partial charge in [0.15, 0.2) is 5.78 Å². The van der Waals surface area contributed by atoms with Crippen molar-refractivity contribution in [3.05, 3.63) is 151 Å². The lowest BCUT2D eigenvalue weighted by Crippen LogP contribution is -2.40. The molecule has 1 amide bonds. The monoisotopic (exact) mass is 529 g/mol. The molecule has 4 nitrogen and oxygen atoms in total. The van der Waals surface area contributed by atoms with E-state index in [1.807, 2.05) is 121 Å². The summed E-state index contributed by atoms with van der Waals surface area (Å²) in [5.41, 5.74) is 1.04. The Hall–Kier alpha value is -4.66. The van der Waals surface area contributed by atoms with E-state index in [0.717, 1.165) is 15.9 Å². The van der Waals surface area contributed by atoms with Crippen LogP contribution in [0.1, 0.15) is 10.4 Å². The molecule has 1 N–H and O–H groups in total. The quantitative estimate of drug-likeness (QED) is 0.160. The highest BCUT2D eigenvalue weighted by Gasteiger charge is 2.37. The molecule has 0 fully saturated rings. The summed E-state index contributed by atoms with van der Waals surface area (Å²) in [7, 11) is 1.58. The number of hydrogen-bond acceptors (Lipinski definition) is 3. The van der Waals surface area contributed by atoms with E-state index in [2.05, 4.69) is 5.32 Å². The van der Waals surface area contributed by atoms with Gasteiger partial charge in [-0.3, -0.25) is 9.59 Å². The molecular weight excluding hydrogens is 501 g/mol. The molecule has 0 saturated heterocycles. The van der Waals surface area contributed by atoms with Crippen LogP contribution in [0.2, 0.25) is 0 Å². The number of carbonyl (C=O) groups excluding carboxylic acids is 2. The van der Waals surface area contributed by atoms with E-state index in [-0.39, 0.29) is 11.1 Å². The number of ketones is 1. The van der Waals surface area contributed by atoms with Gasteiger partial charge in [-0.05, 0) is 59.2 Å². The van der Waals surface area contributed by atoms with Gasteiger partial charge in [-0.15, -0.1) is 0 Å². The summed E-state index contributed by atoms with van der Waals surface area (Å²) in [5, 5.41) is 6.00. The summed E-state index contributed by atoms with van der Waals surface area (Å²) in [4.78, 5) is 29.1. The van der Waals surface area contributed by atoms with Gasteiger partial charge in [0.1, 0.15) is 5.75 Å². The average molecular weight is 530 g/mol. The highest BCUT2D eigenvalue weighted by molar-refractivity contribution is 7.97. The Balaban J connectivity index is 1.93. The van der Waals surface area contributed by atoms with Gasteiger partial charge in [0.2, 0.25) is 0 Å². The van der Waals surface area contributed by atoms with Crippen molar-refractivity contribution in [1.82, 2.24) is 0 Å². The largest absolute Gasteiger partial charge is 0.497 e. The fraction of sp³-hybridized carbons (Fsp3) is 0.0294. The molecule has 5 aromatic rings. The molecule has 192 valence electrons. The number of ether oxygens (including phenoxy) is 1. The van der Waals surface area contributed by atoms with Crippen molar-refractivity contribution in [2.24, 2.45) is 0 Å². The number of para-hydroxylation sites is 1. The second kappa shape index (κ2) is 11.8. The molecule has 0 radical (unpaired) electrons. The van der Waals surface area contributed by atoms with Gasteiger partial charge in [0, 0.05) is 11.3 Å². The van der Waals surface area contributed by atoms with E-state index < -0.39 is 12.8 Å². The lowest BCUT2D eigenvalue weighted by molar-refractivity contribution is -0.110. The van der Waals surface area contributed by atoms with Crippen LogP contribution in [0.15, 0.2) is 146 Å². The Bertz CT molecular complexity index is 1510. The number of methoxy groups -OCH3 is 1. The van der Waals surface area contributed by atoms with E-state index in [1.54, 1.807) is 31.4 Å². The molecule has 0 aliphatic carbocycles. The zero-order chi connectivity index (χ0) is 27.1. The maximum absolute atomic E-state index is 14.6. The summed E-state index contributed by atoms with van der Waals surface area (Å²) >= 11 is 0. The molecule has 0 spiro atoms. The first-order valence-corrected chi connectivity index (χ1v) is 14.4. The molecule has 5 heteroatoms. The first kappa shape index (κ1) is 26.0. The second-order valence-electron chi connectivity index (χ2n) is 8.90. The van der Waals surface area contributed by atoms with E-state index in [9.17, 15) is 9.59 Å². The summed E-state index contributed by atoms with van der Waals surface area (Å²) in [6.45, 7) is -2.97. The van der Waals surface area contributed by atoms with Crippen LogP contribution >= 0.6 is 6.89 Å². The summed E-state index contributed by atoms with van der Waals surface area (Å²) in [5.74, 6) is -0.111. The van der Waals surface area contributed by atoms with E-state index in [4.69, 9.17) is 4.74 Å². The summed E-state index contributed by atoms with van der Waals surface area (Å²) in [6.07, 6.45) is 0. The number of rotatable bonds is 8. The minimum absolute atomic E-state index is 0.208. The first-order chi connectivity index (χ1) is 19.1. The van der Waals surface area contributed by atoms with Crippen LogP contribution in [-0.4, -0.2) is 24.1 Å². The minimum Gasteiger partial charge on any atom is -0.497 e. The SMILES string of the molecule is COc1ccc(C(=O)C(C(=O)Nc2ccccc2)=P(c2ccccc2)(c2ccccc2)c2ccccc2)cc1. The van der Waals surface area contributed by atoms with Crippen LogP contribution < -0.4 is 26.0 Å². The van der Waals surface area contributed by atoms with Gasteiger partial charge in [0.25, 0.3) is 5.91 Å². The topological polar surface area (TPSA) is 55.4 Å². The van der Waals surface area contributed by atoms with Gasteiger partial charge in [-0.2, -0.15) is 0 Å². The Morgan fingerprint density at radius 3 is 1.38 bits per heavy atom. The van der Waals surface area contributed by atoms with E-state index in [1.165, 1.54) is 0 Å². The number of anilines is 1. The van der Waals surface area contributed by atoms with Crippen LogP contribution in [0.25, 0.3) is 0 Å². The van der Waals surface area contributed by atoms with Crippen molar-refractivity contribution < 1.29 is 14.3 Å². The van der Waals surface area contributed by atoms with Crippen LogP contribution in [0.3, 0.4) is 0 Å². The molecule has 0 heterocycles. The van der Waals surface area contributed by atoms with Gasteiger partial charge in [-0.25, -0.2) is 0 Å². The summed E-state index contributed by atoms with van der Waals surface area (Å²) < 4.78 is 5.32. The fourth-order valence-corrected chi connectivity index (χ4v) is 9.11. The lowest BCUT2D eigenvalue weighted by atomic mass is 10.1. The number of nitrogens with one attached hydrogen (secondary N) is 1.